The molecule has 2 unspecified atom stereocenters. The topological polar surface area (TPSA) is 88.1 Å². The highest BCUT2D eigenvalue weighted by atomic mass is 35.5. The van der Waals surface area contributed by atoms with E-state index in [1.807, 2.05) is 48.5 Å². The summed E-state index contributed by atoms with van der Waals surface area (Å²) in [5, 5.41) is 9.62. The van der Waals surface area contributed by atoms with Crippen molar-refractivity contribution in [3.63, 3.8) is 0 Å². The van der Waals surface area contributed by atoms with Crippen LogP contribution in [-0.4, -0.2) is 28.9 Å². The maximum atomic E-state index is 12.7. The Kier molecular flexibility index (Phi) is 7.70. The molecular weight excluding hydrogens is 463 g/mol. The molecule has 33 heavy (non-hydrogen) atoms. The number of hydrogen-bond acceptors (Lipinski definition) is 5. The maximum absolute atomic E-state index is 12.7. The molecule has 1 amide bonds. The van der Waals surface area contributed by atoms with Crippen molar-refractivity contribution in [2.45, 2.75) is 18.9 Å². The molecule has 0 bridgehead atoms. The van der Waals surface area contributed by atoms with E-state index in [0.29, 0.717) is 36.0 Å². The number of carbonyl (C=O) groups excluding carboxylic acids is 1. The predicted octanol–water partition coefficient (Wildman–Crippen LogP) is 6.12. The van der Waals surface area contributed by atoms with Gasteiger partial charge in [0.05, 0.1) is 6.04 Å². The van der Waals surface area contributed by atoms with Gasteiger partial charge in [-0.15, -0.1) is 4.52 Å². The van der Waals surface area contributed by atoms with E-state index in [2.05, 4.69) is 0 Å². The largest absolute Gasteiger partial charge is 0.616 e. The highest BCUT2D eigenvalue weighted by Gasteiger charge is 2.42. The first-order chi connectivity index (χ1) is 16.0. The highest BCUT2D eigenvalue weighted by Crippen LogP contribution is 2.45. The Morgan fingerprint density at radius 2 is 1.76 bits per heavy atom. The first-order valence-electron chi connectivity index (χ1n) is 10.5. The molecule has 3 aromatic rings. The second kappa shape index (κ2) is 10.9. The number of rotatable bonds is 6. The first-order valence-corrected chi connectivity index (χ1v) is 12.0. The fraction of sp³-hybridized carbons (Fsp3) is 0.208. The third kappa shape index (κ3) is 5.77. The number of halogens is 1. The van der Waals surface area contributed by atoms with Crippen molar-refractivity contribution in [2.75, 3.05) is 13.2 Å². The normalized spacial score (nSPS) is 17.9. The number of ether oxygens (including phenoxy) is 1. The predicted molar refractivity (Wildman–Crippen MR) is 126 cm³/mol. The summed E-state index contributed by atoms with van der Waals surface area (Å²) in [7, 11) is -2.22. The van der Waals surface area contributed by atoms with Crippen LogP contribution in [0.1, 0.15) is 24.4 Å². The standard InChI is InChI=1S/C24H22ClN2O5P/c25-18-9-13-20(14-10-18)32-19-11-7-17(8-12-19)21-4-1-2-5-22(21)23-6-3-15-31-33(30)27(23)16-24(28)26-29/h1-2,4-5,7-14,23H,3,6,15-16H2,(H-,26,28,29)/p+1. The fourth-order valence-corrected chi connectivity index (χ4v) is 5.09. The number of nitrogens with zero attached hydrogens (tertiary/aromatic N) is 1. The molecule has 1 aliphatic heterocycles. The van der Waals surface area contributed by atoms with Crippen molar-refractivity contribution >= 4 is 25.7 Å². The van der Waals surface area contributed by atoms with Gasteiger partial charge in [0, 0.05) is 5.02 Å². The number of amides is 1. The lowest BCUT2D eigenvalue weighted by Crippen LogP contribution is -2.34. The quantitative estimate of drug-likeness (QED) is 0.248. The van der Waals surface area contributed by atoms with E-state index in [-0.39, 0.29) is 12.6 Å². The molecule has 0 aliphatic carbocycles. The van der Waals surface area contributed by atoms with Gasteiger partial charge in [0.1, 0.15) is 24.7 Å². The summed E-state index contributed by atoms with van der Waals surface area (Å²) in [6.45, 7) is 0.112. The molecule has 2 N–H and O–H groups in total. The zero-order chi connectivity index (χ0) is 23.2. The van der Waals surface area contributed by atoms with E-state index in [1.54, 1.807) is 29.7 Å². The van der Waals surface area contributed by atoms with E-state index in [9.17, 15) is 9.36 Å². The summed E-state index contributed by atoms with van der Waals surface area (Å²) >= 11 is 5.93. The zero-order valence-corrected chi connectivity index (χ0v) is 19.3. The van der Waals surface area contributed by atoms with E-state index < -0.39 is 14.1 Å². The van der Waals surface area contributed by atoms with Gasteiger partial charge in [-0.3, -0.25) is 10.0 Å². The molecule has 0 aromatic heterocycles. The van der Waals surface area contributed by atoms with Crippen molar-refractivity contribution in [2.24, 2.45) is 0 Å². The maximum Gasteiger partial charge on any atom is 0.616 e. The van der Waals surface area contributed by atoms with Gasteiger partial charge < -0.3 is 4.74 Å². The Balaban J connectivity index is 1.62. The van der Waals surface area contributed by atoms with Crippen LogP contribution < -0.4 is 10.2 Å². The van der Waals surface area contributed by atoms with Gasteiger partial charge in [0.15, 0.2) is 0 Å². The summed E-state index contributed by atoms with van der Waals surface area (Å²) in [6.07, 6.45) is 1.36. The number of hydrogen-bond donors (Lipinski definition) is 2. The van der Waals surface area contributed by atoms with Crippen LogP contribution in [0.25, 0.3) is 11.1 Å². The lowest BCUT2D eigenvalue weighted by Gasteiger charge is -2.22. The van der Waals surface area contributed by atoms with Crippen LogP contribution in [0.15, 0.2) is 72.8 Å². The number of nitrogens with one attached hydrogen (secondary N) is 1. The Bertz CT molecular complexity index is 1120. The minimum absolute atomic E-state index is 0.238. The summed E-state index contributed by atoms with van der Waals surface area (Å²) in [4.78, 5) is 11.9. The monoisotopic (exact) mass is 485 g/mol. The van der Waals surface area contributed by atoms with Crippen molar-refractivity contribution in [3.05, 3.63) is 83.4 Å². The molecule has 2 atom stereocenters. The van der Waals surface area contributed by atoms with Gasteiger partial charge >= 0.3 is 8.18 Å². The summed E-state index contributed by atoms with van der Waals surface area (Å²) in [6, 6.07) is 22.3. The highest BCUT2D eigenvalue weighted by molar-refractivity contribution is 7.36. The lowest BCUT2D eigenvalue weighted by atomic mass is 9.92. The molecule has 9 heteroatoms. The van der Waals surface area contributed by atoms with Crippen LogP contribution in [0, 0.1) is 0 Å². The van der Waals surface area contributed by atoms with Gasteiger partial charge in [0.2, 0.25) is 0 Å². The third-order valence-electron chi connectivity index (χ3n) is 5.36. The minimum Gasteiger partial charge on any atom is -0.457 e. The molecule has 1 heterocycles. The van der Waals surface area contributed by atoms with Crippen LogP contribution in [0.5, 0.6) is 11.5 Å². The molecule has 0 spiro atoms. The average Bonchev–Trinajstić information content (AvgIpc) is 3.02. The van der Waals surface area contributed by atoms with Gasteiger partial charge in [-0.1, -0.05) is 52.7 Å². The molecule has 0 saturated carbocycles. The molecule has 7 nitrogen and oxygen atoms in total. The molecule has 4 rings (SSSR count). The van der Waals surface area contributed by atoms with Crippen molar-refractivity contribution in [1.29, 1.82) is 0 Å². The molecule has 1 saturated heterocycles. The third-order valence-corrected chi connectivity index (χ3v) is 6.85. The molecule has 170 valence electrons. The number of benzene rings is 3. The Hall–Kier alpha value is -2.80. The SMILES string of the molecule is O=C(CN1C(c2ccccc2-c2ccc(Oc3ccc(Cl)cc3)cc2)CCCO[P+]1=O)NO. The van der Waals surface area contributed by atoms with Crippen LogP contribution in [0.4, 0.5) is 0 Å². The Morgan fingerprint density at radius 1 is 1.09 bits per heavy atom. The zero-order valence-electron chi connectivity index (χ0n) is 17.7. The van der Waals surface area contributed by atoms with Crippen molar-refractivity contribution in [1.82, 2.24) is 10.2 Å². The fourth-order valence-electron chi connectivity index (χ4n) is 3.81. The van der Waals surface area contributed by atoms with Crippen molar-refractivity contribution < 1.29 is 23.8 Å². The minimum atomic E-state index is -2.22. The van der Waals surface area contributed by atoms with Crippen LogP contribution in [0.3, 0.4) is 0 Å². The number of hydroxylamine groups is 1. The van der Waals surface area contributed by atoms with Gasteiger partial charge in [-0.25, -0.2) is 5.48 Å². The van der Waals surface area contributed by atoms with Crippen LogP contribution in [0.2, 0.25) is 5.02 Å². The lowest BCUT2D eigenvalue weighted by molar-refractivity contribution is -0.129. The Labute approximate surface area is 197 Å². The summed E-state index contributed by atoms with van der Waals surface area (Å²) < 4.78 is 25.5. The average molecular weight is 486 g/mol. The van der Waals surface area contributed by atoms with Gasteiger partial charge in [-0.2, -0.15) is 0 Å². The second-order valence-corrected chi connectivity index (χ2v) is 9.21. The molecule has 1 aliphatic rings. The molecule has 1 fully saturated rings. The van der Waals surface area contributed by atoms with Gasteiger partial charge in [-0.05, 0) is 70.5 Å². The molecular formula is C24H23ClN2O5P+. The molecule has 3 aromatic carbocycles. The van der Waals surface area contributed by atoms with Crippen LogP contribution in [-0.2, 0) is 13.9 Å². The van der Waals surface area contributed by atoms with E-state index >= 15 is 0 Å². The van der Waals surface area contributed by atoms with Crippen molar-refractivity contribution in [3.8, 4) is 22.6 Å². The summed E-state index contributed by atoms with van der Waals surface area (Å²) in [5.41, 5.74) is 4.47. The second-order valence-electron chi connectivity index (χ2n) is 7.53. The Morgan fingerprint density at radius 3 is 2.45 bits per heavy atom. The van der Waals surface area contributed by atoms with Crippen LogP contribution >= 0.6 is 19.8 Å². The molecule has 0 radical (unpaired) electrons. The summed E-state index contributed by atoms with van der Waals surface area (Å²) in [5.74, 6) is 0.730. The smallest absolute Gasteiger partial charge is 0.457 e. The van der Waals surface area contributed by atoms with Gasteiger partial charge in [0.25, 0.3) is 5.91 Å². The first kappa shape index (κ1) is 23.4. The van der Waals surface area contributed by atoms with E-state index in [4.69, 9.17) is 26.1 Å². The van der Waals surface area contributed by atoms with E-state index in [0.717, 1.165) is 16.7 Å². The van der Waals surface area contributed by atoms with E-state index in [1.165, 1.54) is 4.67 Å². The number of carbonyl (C=O) groups is 1.